The fourth-order valence-electron chi connectivity index (χ4n) is 2.10. The largest absolute Gasteiger partial charge is 0.0843 e. The third kappa shape index (κ3) is 2.69. The average molecular weight is 264 g/mol. The van der Waals surface area contributed by atoms with E-state index in [-0.39, 0.29) is 0 Å². The molecule has 0 aliphatic heterocycles. The molecule has 0 saturated heterocycles. The standard InChI is InChI=1S/C18H12Cl/c19-18-11-5-10-17(13-18)16-9-4-8-15(12-16)14-6-2-1-3-7-14/h1-8,10-13H. The van der Waals surface area contributed by atoms with Crippen molar-refractivity contribution in [2.24, 2.45) is 0 Å². The number of halogens is 1. The fourth-order valence-corrected chi connectivity index (χ4v) is 2.29. The molecule has 0 atom stereocenters. The third-order valence-corrected chi connectivity index (χ3v) is 3.28. The van der Waals surface area contributed by atoms with E-state index in [1.165, 1.54) is 11.1 Å². The lowest BCUT2D eigenvalue weighted by Crippen LogP contribution is -1.81. The molecule has 0 amide bonds. The van der Waals surface area contributed by atoms with Crippen molar-refractivity contribution in [3.8, 4) is 22.3 Å². The van der Waals surface area contributed by atoms with E-state index in [0.29, 0.717) is 0 Å². The second-order valence-corrected chi connectivity index (χ2v) is 4.80. The van der Waals surface area contributed by atoms with Gasteiger partial charge in [-0.3, -0.25) is 0 Å². The van der Waals surface area contributed by atoms with Crippen LogP contribution in [0.1, 0.15) is 0 Å². The van der Waals surface area contributed by atoms with Crippen molar-refractivity contribution in [2.75, 3.05) is 0 Å². The maximum atomic E-state index is 6.04. The van der Waals surface area contributed by atoms with Gasteiger partial charge in [0.15, 0.2) is 0 Å². The minimum Gasteiger partial charge on any atom is -0.0843 e. The summed E-state index contributed by atoms with van der Waals surface area (Å²) in [5.41, 5.74) is 4.54. The molecule has 0 aliphatic carbocycles. The van der Waals surface area contributed by atoms with Gasteiger partial charge >= 0.3 is 0 Å². The summed E-state index contributed by atoms with van der Waals surface area (Å²) >= 11 is 6.04. The summed E-state index contributed by atoms with van der Waals surface area (Å²) in [7, 11) is 0. The highest BCUT2D eigenvalue weighted by molar-refractivity contribution is 6.30. The van der Waals surface area contributed by atoms with E-state index in [1.54, 1.807) is 0 Å². The lowest BCUT2D eigenvalue weighted by atomic mass is 9.99. The van der Waals surface area contributed by atoms with Crippen molar-refractivity contribution in [1.29, 1.82) is 0 Å². The summed E-state index contributed by atoms with van der Waals surface area (Å²) in [5, 5.41) is 0.746. The normalized spacial score (nSPS) is 10.4. The highest BCUT2D eigenvalue weighted by atomic mass is 35.5. The van der Waals surface area contributed by atoms with Crippen LogP contribution in [0.4, 0.5) is 0 Å². The maximum absolute atomic E-state index is 6.04. The summed E-state index contributed by atoms with van der Waals surface area (Å²) in [5.74, 6) is 0. The first kappa shape index (κ1) is 12.0. The van der Waals surface area contributed by atoms with Crippen molar-refractivity contribution in [3.05, 3.63) is 83.9 Å². The zero-order chi connectivity index (χ0) is 13.1. The van der Waals surface area contributed by atoms with Crippen LogP contribution in [0, 0.1) is 6.07 Å². The van der Waals surface area contributed by atoms with Crippen LogP contribution in [-0.2, 0) is 0 Å². The predicted molar refractivity (Wildman–Crippen MR) is 81.2 cm³/mol. The monoisotopic (exact) mass is 263 g/mol. The molecule has 0 saturated carbocycles. The molecule has 0 bridgehead atoms. The third-order valence-electron chi connectivity index (χ3n) is 3.04. The van der Waals surface area contributed by atoms with Crippen LogP contribution in [0.5, 0.6) is 0 Å². The van der Waals surface area contributed by atoms with Gasteiger partial charge in [-0.15, -0.1) is 0 Å². The topological polar surface area (TPSA) is 0 Å². The molecule has 0 N–H and O–H groups in total. The van der Waals surface area contributed by atoms with E-state index in [4.69, 9.17) is 11.6 Å². The summed E-state index contributed by atoms with van der Waals surface area (Å²) in [6, 6.07) is 27.6. The molecule has 3 aromatic carbocycles. The summed E-state index contributed by atoms with van der Waals surface area (Å²) < 4.78 is 0. The number of rotatable bonds is 2. The average Bonchev–Trinajstić information content (AvgIpc) is 2.48. The number of hydrogen-bond acceptors (Lipinski definition) is 0. The van der Waals surface area contributed by atoms with Crippen molar-refractivity contribution in [2.45, 2.75) is 0 Å². The first-order valence-electron chi connectivity index (χ1n) is 6.16. The van der Waals surface area contributed by atoms with Gasteiger partial charge in [0.1, 0.15) is 0 Å². The second kappa shape index (κ2) is 5.29. The van der Waals surface area contributed by atoms with Crippen molar-refractivity contribution in [1.82, 2.24) is 0 Å². The first-order valence-corrected chi connectivity index (χ1v) is 6.54. The van der Waals surface area contributed by atoms with Crippen LogP contribution < -0.4 is 0 Å². The van der Waals surface area contributed by atoms with Gasteiger partial charge in [-0.1, -0.05) is 66.2 Å². The Bertz CT molecular complexity index is 687. The quantitative estimate of drug-likeness (QED) is 0.575. The Morgan fingerprint density at radius 2 is 1.47 bits per heavy atom. The van der Waals surface area contributed by atoms with Crippen LogP contribution in [0.2, 0.25) is 5.02 Å². The fraction of sp³-hybridized carbons (Fsp3) is 0. The zero-order valence-electron chi connectivity index (χ0n) is 10.3. The molecular formula is C18H12Cl. The van der Waals surface area contributed by atoms with Crippen LogP contribution in [-0.4, -0.2) is 0 Å². The van der Waals surface area contributed by atoms with E-state index in [0.717, 1.165) is 16.1 Å². The number of benzene rings is 3. The highest BCUT2D eigenvalue weighted by Gasteiger charge is 2.02. The van der Waals surface area contributed by atoms with E-state index in [2.05, 4.69) is 30.3 Å². The second-order valence-electron chi connectivity index (χ2n) is 4.37. The lowest BCUT2D eigenvalue weighted by molar-refractivity contribution is 1.58. The van der Waals surface area contributed by atoms with Gasteiger partial charge in [-0.05, 0) is 46.5 Å². The molecule has 0 aliphatic rings. The van der Waals surface area contributed by atoms with Crippen LogP contribution in [0.15, 0.2) is 72.8 Å². The maximum Gasteiger partial charge on any atom is 0.0412 e. The van der Waals surface area contributed by atoms with Gasteiger partial charge in [0.2, 0.25) is 0 Å². The van der Waals surface area contributed by atoms with Crippen molar-refractivity contribution >= 4 is 11.6 Å². The molecule has 19 heavy (non-hydrogen) atoms. The molecule has 0 heterocycles. The van der Waals surface area contributed by atoms with E-state index < -0.39 is 0 Å². The molecule has 1 heteroatoms. The van der Waals surface area contributed by atoms with Crippen LogP contribution in [0.25, 0.3) is 22.3 Å². The molecule has 91 valence electrons. The summed E-state index contributed by atoms with van der Waals surface area (Å²) in [4.78, 5) is 0. The van der Waals surface area contributed by atoms with Gasteiger partial charge in [-0.2, -0.15) is 0 Å². The van der Waals surface area contributed by atoms with Gasteiger partial charge in [0, 0.05) is 5.02 Å². The molecule has 0 fully saturated rings. The minimum atomic E-state index is 0.746. The molecular weight excluding hydrogens is 252 g/mol. The number of hydrogen-bond donors (Lipinski definition) is 0. The predicted octanol–water partition coefficient (Wildman–Crippen LogP) is 5.47. The Balaban J connectivity index is 2.06. The minimum absolute atomic E-state index is 0.746. The van der Waals surface area contributed by atoms with Gasteiger partial charge < -0.3 is 0 Å². The van der Waals surface area contributed by atoms with Gasteiger partial charge in [0.25, 0.3) is 0 Å². The molecule has 3 aromatic rings. The van der Waals surface area contributed by atoms with Crippen LogP contribution in [0.3, 0.4) is 0 Å². The van der Waals surface area contributed by atoms with E-state index in [9.17, 15) is 0 Å². The zero-order valence-corrected chi connectivity index (χ0v) is 11.1. The molecule has 0 aromatic heterocycles. The summed E-state index contributed by atoms with van der Waals surface area (Å²) in [6.07, 6.45) is 0. The van der Waals surface area contributed by atoms with Gasteiger partial charge in [-0.25, -0.2) is 0 Å². The van der Waals surface area contributed by atoms with E-state index >= 15 is 0 Å². The molecule has 3 rings (SSSR count). The van der Waals surface area contributed by atoms with Gasteiger partial charge in [0.05, 0.1) is 0 Å². The molecule has 0 nitrogen and oxygen atoms in total. The van der Waals surface area contributed by atoms with Crippen molar-refractivity contribution in [3.63, 3.8) is 0 Å². The molecule has 0 unspecified atom stereocenters. The Morgan fingerprint density at radius 3 is 2.26 bits per heavy atom. The molecule has 1 radical (unpaired) electrons. The smallest absolute Gasteiger partial charge is 0.0412 e. The van der Waals surface area contributed by atoms with Crippen LogP contribution >= 0.6 is 11.6 Å². The Morgan fingerprint density at radius 1 is 0.684 bits per heavy atom. The highest BCUT2D eigenvalue weighted by Crippen LogP contribution is 2.27. The summed E-state index contributed by atoms with van der Waals surface area (Å²) in [6.45, 7) is 0. The van der Waals surface area contributed by atoms with E-state index in [1.807, 2.05) is 48.5 Å². The Kier molecular flexibility index (Phi) is 3.35. The molecule has 0 spiro atoms. The van der Waals surface area contributed by atoms with Crippen molar-refractivity contribution < 1.29 is 0 Å². The Labute approximate surface area is 118 Å². The Hall–Kier alpha value is -2.05. The first-order chi connectivity index (χ1) is 9.33. The SMILES string of the molecule is Clc1cccc(-c2[c]ccc(-c3ccccc3)c2)c1. The lowest BCUT2D eigenvalue weighted by Gasteiger charge is -2.06.